The molecule has 0 radical (unpaired) electrons. The van der Waals surface area contributed by atoms with Crippen molar-refractivity contribution in [2.24, 2.45) is 11.3 Å². The highest BCUT2D eigenvalue weighted by Crippen LogP contribution is 2.25. The molecule has 0 unspecified atom stereocenters. The molecule has 30 heavy (non-hydrogen) atoms. The molecular formula is C24H37N3O3. The van der Waals surface area contributed by atoms with Crippen molar-refractivity contribution in [3.8, 4) is 0 Å². The van der Waals surface area contributed by atoms with E-state index in [1.807, 2.05) is 30.3 Å². The minimum absolute atomic E-state index is 0.131. The summed E-state index contributed by atoms with van der Waals surface area (Å²) in [4.78, 5) is 37.9. The van der Waals surface area contributed by atoms with E-state index < -0.39 is 12.1 Å². The molecule has 0 saturated carbocycles. The normalized spacial score (nSPS) is 19.2. The van der Waals surface area contributed by atoms with E-state index in [2.05, 4.69) is 43.6 Å². The van der Waals surface area contributed by atoms with Crippen LogP contribution in [0.2, 0.25) is 0 Å². The van der Waals surface area contributed by atoms with Gasteiger partial charge in [0.15, 0.2) is 0 Å². The maximum Gasteiger partial charge on any atom is 0.243 e. The number of hydrogen-bond acceptors (Lipinski definition) is 3. The number of benzene rings is 1. The van der Waals surface area contributed by atoms with Crippen molar-refractivity contribution in [2.75, 3.05) is 6.54 Å². The molecule has 1 aromatic carbocycles. The highest BCUT2D eigenvalue weighted by molar-refractivity contribution is 5.92. The first kappa shape index (κ1) is 23.9. The average Bonchev–Trinajstić information content (AvgIpc) is 2.84. The maximum atomic E-state index is 13.0. The van der Waals surface area contributed by atoms with Crippen LogP contribution in [0.15, 0.2) is 30.3 Å². The summed E-state index contributed by atoms with van der Waals surface area (Å²) in [5, 5.41) is 8.62. The van der Waals surface area contributed by atoms with Crippen molar-refractivity contribution < 1.29 is 14.4 Å². The predicted molar refractivity (Wildman–Crippen MR) is 119 cm³/mol. The molecule has 6 heteroatoms. The summed E-state index contributed by atoms with van der Waals surface area (Å²) in [5.74, 6) is -0.367. The summed E-state index contributed by atoms with van der Waals surface area (Å²) in [6.45, 7) is 9.18. The second-order valence-corrected chi connectivity index (χ2v) is 9.73. The van der Waals surface area contributed by atoms with E-state index in [0.717, 1.165) is 24.8 Å². The zero-order valence-corrected chi connectivity index (χ0v) is 18.8. The topological polar surface area (TPSA) is 87.3 Å². The summed E-state index contributed by atoms with van der Waals surface area (Å²) < 4.78 is 0. The fourth-order valence-corrected chi connectivity index (χ4v) is 4.10. The molecule has 3 atom stereocenters. The van der Waals surface area contributed by atoms with E-state index in [0.29, 0.717) is 25.8 Å². The lowest BCUT2D eigenvalue weighted by Crippen LogP contribution is -2.54. The summed E-state index contributed by atoms with van der Waals surface area (Å²) in [6.07, 6.45) is 4.10. The molecule has 6 nitrogen and oxygen atoms in total. The van der Waals surface area contributed by atoms with E-state index in [4.69, 9.17) is 0 Å². The van der Waals surface area contributed by atoms with Crippen LogP contribution in [-0.2, 0) is 20.8 Å². The molecule has 0 aromatic heterocycles. The molecule has 166 valence electrons. The van der Waals surface area contributed by atoms with Crippen LogP contribution >= 0.6 is 0 Å². The van der Waals surface area contributed by atoms with Crippen LogP contribution in [0, 0.1) is 11.3 Å². The Morgan fingerprint density at radius 2 is 1.87 bits per heavy atom. The lowest BCUT2D eigenvalue weighted by atomic mass is 9.84. The second-order valence-electron chi connectivity index (χ2n) is 9.73. The molecular weight excluding hydrogens is 378 g/mol. The predicted octanol–water partition coefficient (Wildman–Crippen LogP) is 2.96. The van der Waals surface area contributed by atoms with Crippen LogP contribution in [0.25, 0.3) is 0 Å². The largest absolute Gasteiger partial charge is 0.354 e. The Labute approximate surface area is 180 Å². The van der Waals surface area contributed by atoms with E-state index in [1.165, 1.54) is 0 Å². The highest BCUT2D eigenvalue weighted by Gasteiger charge is 2.28. The molecule has 1 aromatic rings. The monoisotopic (exact) mass is 415 g/mol. The number of rotatable bonds is 8. The van der Waals surface area contributed by atoms with Crippen LogP contribution in [0.5, 0.6) is 0 Å². The fourth-order valence-electron chi connectivity index (χ4n) is 4.10. The van der Waals surface area contributed by atoms with Crippen LogP contribution < -0.4 is 16.0 Å². The van der Waals surface area contributed by atoms with Gasteiger partial charge in [0.05, 0.1) is 0 Å². The van der Waals surface area contributed by atoms with Crippen molar-refractivity contribution in [1.29, 1.82) is 0 Å². The Morgan fingerprint density at radius 1 is 1.17 bits per heavy atom. The van der Waals surface area contributed by atoms with E-state index in [-0.39, 0.29) is 29.1 Å². The van der Waals surface area contributed by atoms with E-state index in [1.54, 1.807) is 0 Å². The molecule has 2 rings (SSSR count). The standard InChI is InChI=1S/C24H37N3O3/c1-17(16-24(2,3)4)14-21(28)26-20(15-18-10-6-5-7-11-18)23(30)27-19-12-8-9-13-25-22(19)29/h5-7,10-11,17,19-20H,8-9,12-16H2,1-4H3,(H,25,29)(H,26,28)(H,27,30)/t17-,19+,20-/m0/s1. The van der Waals surface area contributed by atoms with Gasteiger partial charge in [-0.15, -0.1) is 0 Å². The molecule has 1 heterocycles. The minimum atomic E-state index is -0.710. The third kappa shape index (κ3) is 8.56. The number of hydrogen-bond donors (Lipinski definition) is 3. The third-order valence-electron chi connectivity index (χ3n) is 5.28. The van der Waals surface area contributed by atoms with Gasteiger partial charge in [-0.2, -0.15) is 0 Å². The summed E-state index contributed by atoms with van der Waals surface area (Å²) in [5.41, 5.74) is 1.11. The number of amides is 3. The van der Waals surface area contributed by atoms with Crippen LogP contribution in [0.3, 0.4) is 0 Å². The lowest BCUT2D eigenvalue weighted by Gasteiger charge is -2.25. The molecule has 1 saturated heterocycles. The summed E-state index contributed by atoms with van der Waals surface area (Å²) >= 11 is 0. The van der Waals surface area contributed by atoms with Gasteiger partial charge in [-0.3, -0.25) is 14.4 Å². The van der Waals surface area contributed by atoms with E-state index in [9.17, 15) is 14.4 Å². The smallest absolute Gasteiger partial charge is 0.243 e. The fraction of sp³-hybridized carbons (Fsp3) is 0.625. The molecule has 3 amide bonds. The van der Waals surface area contributed by atoms with Gasteiger partial charge in [0.1, 0.15) is 12.1 Å². The maximum absolute atomic E-state index is 13.0. The zero-order chi connectivity index (χ0) is 22.1. The average molecular weight is 416 g/mol. The number of carbonyl (C=O) groups excluding carboxylic acids is 3. The lowest BCUT2D eigenvalue weighted by molar-refractivity contribution is -0.132. The Kier molecular flexibility index (Phi) is 8.88. The van der Waals surface area contributed by atoms with Crippen molar-refractivity contribution in [3.05, 3.63) is 35.9 Å². The summed E-state index contributed by atoms with van der Waals surface area (Å²) in [6, 6.07) is 8.36. The van der Waals surface area contributed by atoms with Crippen LogP contribution in [-0.4, -0.2) is 36.3 Å². The minimum Gasteiger partial charge on any atom is -0.354 e. The first-order valence-electron chi connectivity index (χ1n) is 11.1. The quantitative estimate of drug-likeness (QED) is 0.610. The van der Waals surface area contributed by atoms with Gasteiger partial charge >= 0.3 is 0 Å². The SMILES string of the molecule is C[C@@H](CC(=O)N[C@@H](Cc1ccccc1)C(=O)N[C@@H]1CCCCNC1=O)CC(C)(C)C. The Hall–Kier alpha value is -2.37. The Balaban J connectivity index is 2.04. The van der Waals surface area contributed by atoms with Crippen LogP contribution in [0.4, 0.5) is 0 Å². The molecule has 1 aliphatic heterocycles. The van der Waals surface area contributed by atoms with Crippen molar-refractivity contribution in [3.63, 3.8) is 0 Å². The van der Waals surface area contributed by atoms with Gasteiger partial charge in [0, 0.05) is 19.4 Å². The van der Waals surface area contributed by atoms with Gasteiger partial charge in [0.25, 0.3) is 0 Å². The van der Waals surface area contributed by atoms with Crippen molar-refractivity contribution in [1.82, 2.24) is 16.0 Å². The zero-order valence-electron chi connectivity index (χ0n) is 18.8. The van der Waals surface area contributed by atoms with E-state index >= 15 is 0 Å². The van der Waals surface area contributed by atoms with Gasteiger partial charge < -0.3 is 16.0 Å². The molecule has 1 aliphatic rings. The number of nitrogens with one attached hydrogen (secondary N) is 3. The molecule has 3 N–H and O–H groups in total. The second kappa shape index (κ2) is 11.1. The molecule has 1 fully saturated rings. The van der Waals surface area contributed by atoms with Gasteiger partial charge in [0.2, 0.25) is 17.7 Å². The van der Waals surface area contributed by atoms with Gasteiger partial charge in [-0.25, -0.2) is 0 Å². The van der Waals surface area contributed by atoms with Crippen LogP contribution in [0.1, 0.15) is 65.4 Å². The highest BCUT2D eigenvalue weighted by atomic mass is 16.2. The van der Waals surface area contributed by atoms with Crippen molar-refractivity contribution in [2.45, 2.75) is 78.3 Å². The Morgan fingerprint density at radius 3 is 2.53 bits per heavy atom. The third-order valence-corrected chi connectivity index (χ3v) is 5.28. The molecule has 0 bridgehead atoms. The van der Waals surface area contributed by atoms with Gasteiger partial charge in [-0.05, 0) is 42.6 Å². The summed E-state index contributed by atoms with van der Waals surface area (Å²) in [7, 11) is 0. The van der Waals surface area contributed by atoms with Gasteiger partial charge in [-0.1, -0.05) is 58.0 Å². The first-order chi connectivity index (χ1) is 14.1. The number of carbonyl (C=O) groups is 3. The first-order valence-corrected chi connectivity index (χ1v) is 11.1. The molecule has 0 spiro atoms. The Bertz CT molecular complexity index is 712. The van der Waals surface area contributed by atoms with Crippen molar-refractivity contribution >= 4 is 17.7 Å². The molecule has 0 aliphatic carbocycles.